The van der Waals surface area contributed by atoms with E-state index in [2.05, 4.69) is 11.8 Å². The predicted octanol–water partition coefficient (Wildman–Crippen LogP) is 3.16. The van der Waals surface area contributed by atoms with Gasteiger partial charge in [0.1, 0.15) is 0 Å². The van der Waals surface area contributed by atoms with Gasteiger partial charge >= 0.3 is 0 Å². The first kappa shape index (κ1) is 12.9. The Bertz CT molecular complexity index is 264. The molecule has 18 heavy (non-hydrogen) atoms. The number of hydrogen-bond acceptors (Lipinski definition) is 2. The number of nitrogens with two attached hydrogens (primary N) is 1. The smallest absolute Gasteiger partial charge is 0.0113 e. The summed E-state index contributed by atoms with van der Waals surface area (Å²) < 4.78 is 0. The normalized spacial score (nSPS) is 45.3. The highest BCUT2D eigenvalue weighted by Crippen LogP contribution is 2.37. The molecule has 2 nitrogen and oxygen atoms in total. The van der Waals surface area contributed by atoms with Gasteiger partial charge in [0.25, 0.3) is 0 Å². The second-order valence-electron chi connectivity index (χ2n) is 7.28. The SMILES string of the molecule is CC1CCCC(CCN2C3CCC2CC(N)C3)C1. The van der Waals surface area contributed by atoms with E-state index in [-0.39, 0.29) is 0 Å². The van der Waals surface area contributed by atoms with Crippen LogP contribution in [-0.2, 0) is 0 Å². The van der Waals surface area contributed by atoms with Crippen molar-refractivity contribution >= 4 is 0 Å². The Labute approximate surface area is 112 Å². The fourth-order valence-corrected chi connectivity index (χ4v) is 4.83. The minimum Gasteiger partial charge on any atom is -0.328 e. The minimum absolute atomic E-state index is 0.494. The van der Waals surface area contributed by atoms with Gasteiger partial charge in [-0.2, -0.15) is 0 Å². The van der Waals surface area contributed by atoms with Crippen molar-refractivity contribution in [2.75, 3.05) is 6.54 Å². The molecule has 2 bridgehead atoms. The fourth-order valence-electron chi connectivity index (χ4n) is 4.83. The lowest BCUT2D eigenvalue weighted by molar-refractivity contribution is 0.112. The highest BCUT2D eigenvalue weighted by molar-refractivity contribution is 4.96. The van der Waals surface area contributed by atoms with Crippen molar-refractivity contribution in [1.29, 1.82) is 0 Å². The van der Waals surface area contributed by atoms with Crippen molar-refractivity contribution in [3.8, 4) is 0 Å². The van der Waals surface area contributed by atoms with Crippen molar-refractivity contribution in [2.45, 2.75) is 82.8 Å². The summed E-state index contributed by atoms with van der Waals surface area (Å²) >= 11 is 0. The van der Waals surface area contributed by atoms with Crippen LogP contribution in [0.5, 0.6) is 0 Å². The van der Waals surface area contributed by atoms with Gasteiger partial charge in [0.2, 0.25) is 0 Å². The number of nitrogens with zero attached hydrogens (tertiary/aromatic N) is 1. The van der Waals surface area contributed by atoms with E-state index in [4.69, 9.17) is 5.73 Å². The quantitative estimate of drug-likeness (QED) is 0.833. The Morgan fingerprint density at radius 1 is 1.00 bits per heavy atom. The molecule has 2 heterocycles. The predicted molar refractivity (Wildman–Crippen MR) is 76.5 cm³/mol. The second-order valence-corrected chi connectivity index (χ2v) is 7.28. The third-order valence-electron chi connectivity index (χ3n) is 5.76. The molecule has 1 aliphatic carbocycles. The lowest BCUT2D eigenvalue weighted by Crippen LogP contribution is -2.48. The Balaban J connectivity index is 1.48. The molecule has 4 atom stereocenters. The fraction of sp³-hybridized carbons (Fsp3) is 1.00. The van der Waals surface area contributed by atoms with Crippen LogP contribution in [0.2, 0.25) is 0 Å². The number of hydrogen-bond donors (Lipinski definition) is 1. The van der Waals surface area contributed by atoms with E-state index in [9.17, 15) is 0 Å². The van der Waals surface area contributed by atoms with Gasteiger partial charge in [-0.1, -0.05) is 26.2 Å². The maximum Gasteiger partial charge on any atom is 0.0113 e. The van der Waals surface area contributed by atoms with Crippen LogP contribution in [0.25, 0.3) is 0 Å². The van der Waals surface area contributed by atoms with E-state index in [1.54, 1.807) is 0 Å². The maximum absolute atomic E-state index is 6.15. The van der Waals surface area contributed by atoms with Crippen LogP contribution in [0, 0.1) is 11.8 Å². The monoisotopic (exact) mass is 250 g/mol. The first-order valence-electron chi connectivity index (χ1n) is 8.23. The number of rotatable bonds is 3. The van der Waals surface area contributed by atoms with Crippen molar-refractivity contribution in [3.05, 3.63) is 0 Å². The topological polar surface area (TPSA) is 29.3 Å². The van der Waals surface area contributed by atoms with E-state index >= 15 is 0 Å². The first-order chi connectivity index (χ1) is 8.72. The summed E-state index contributed by atoms with van der Waals surface area (Å²) in [5.74, 6) is 2.00. The molecule has 0 radical (unpaired) electrons. The van der Waals surface area contributed by atoms with Crippen LogP contribution in [0.3, 0.4) is 0 Å². The molecule has 3 aliphatic rings. The van der Waals surface area contributed by atoms with Gasteiger partial charge in [0.05, 0.1) is 0 Å². The number of piperidine rings is 1. The van der Waals surface area contributed by atoms with Gasteiger partial charge in [-0.15, -0.1) is 0 Å². The minimum atomic E-state index is 0.494. The van der Waals surface area contributed by atoms with Crippen molar-refractivity contribution in [3.63, 3.8) is 0 Å². The molecular formula is C16H30N2. The second kappa shape index (κ2) is 5.50. The Hall–Kier alpha value is -0.0800. The highest BCUT2D eigenvalue weighted by Gasteiger charge is 2.39. The molecular weight excluding hydrogens is 220 g/mol. The van der Waals surface area contributed by atoms with E-state index in [1.807, 2.05) is 0 Å². The van der Waals surface area contributed by atoms with Gasteiger partial charge < -0.3 is 5.73 Å². The molecule has 4 unspecified atom stereocenters. The largest absolute Gasteiger partial charge is 0.328 e. The summed E-state index contributed by atoms with van der Waals surface area (Å²) in [6.45, 7) is 3.80. The van der Waals surface area contributed by atoms with Gasteiger partial charge in [-0.3, -0.25) is 4.90 Å². The zero-order valence-electron chi connectivity index (χ0n) is 12.0. The molecule has 104 valence electrons. The zero-order valence-corrected chi connectivity index (χ0v) is 12.0. The average Bonchev–Trinajstić information content (AvgIpc) is 2.57. The van der Waals surface area contributed by atoms with Crippen LogP contribution in [-0.4, -0.2) is 29.6 Å². The van der Waals surface area contributed by atoms with Crippen LogP contribution in [0.15, 0.2) is 0 Å². The van der Waals surface area contributed by atoms with Crippen molar-refractivity contribution in [1.82, 2.24) is 4.90 Å². The van der Waals surface area contributed by atoms with Crippen LogP contribution in [0.1, 0.15) is 64.7 Å². The molecule has 2 heteroatoms. The molecule has 2 saturated heterocycles. The molecule has 0 spiro atoms. The number of fused-ring (bicyclic) bond motifs is 2. The van der Waals surface area contributed by atoms with Gasteiger partial charge in [-0.25, -0.2) is 0 Å². The average molecular weight is 250 g/mol. The molecule has 0 aromatic carbocycles. The Morgan fingerprint density at radius 3 is 2.39 bits per heavy atom. The van der Waals surface area contributed by atoms with Crippen LogP contribution >= 0.6 is 0 Å². The molecule has 0 amide bonds. The Kier molecular flexibility index (Phi) is 3.95. The molecule has 3 rings (SSSR count). The molecule has 1 saturated carbocycles. The van der Waals surface area contributed by atoms with Gasteiger partial charge in [0.15, 0.2) is 0 Å². The lowest BCUT2D eigenvalue weighted by Gasteiger charge is -2.39. The highest BCUT2D eigenvalue weighted by atomic mass is 15.2. The van der Waals surface area contributed by atoms with Gasteiger partial charge in [0, 0.05) is 18.1 Å². The van der Waals surface area contributed by atoms with Crippen LogP contribution < -0.4 is 5.73 Å². The molecule has 0 aromatic rings. The summed E-state index contributed by atoms with van der Waals surface area (Å²) in [5.41, 5.74) is 6.15. The summed E-state index contributed by atoms with van der Waals surface area (Å²) in [5, 5.41) is 0. The zero-order chi connectivity index (χ0) is 12.5. The first-order valence-corrected chi connectivity index (χ1v) is 8.23. The summed E-state index contributed by atoms with van der Waals surface area (Å²) in [7, 11) is 0. The van der Waals surface area contributed by atoms with Crippen molar-refractivity contribution < 1.29 is 0 Å². The molecule has 0 aromatic heterocycles. The Morgan fingerprint density at radius 2 is 1.72 bits per heavy atom. The molecule has 2 aliphatic heterocycles. The third-order valence-corrected chi connectivity index (χ3v) is 5.76. The third kappa shape index (κ3) is 2.75. The van der Waals surface area contributed by atoms with E-state index in [1.165, 1.54) is 64.3 Å². The van der Waals surface area contributed by atoms with E-state index in [0.29, 0.717) is 6.04 Å². The summed E-state index contributed by atoms with van der Waals surface area (Å²) in [4.78, 5) is 2.82. The lowest BCUT2D eigenvalue weighted by atomic mass is 9.80. The summed E-state index contributed by atoms with van der Waals surface area (Å²) in [6, 6.07) is 2.16. The standard InChI is InChI=1S/C16H30N2/c1-12-3-2-4-13(9-12)7-8-18-15-5-6-16(18)11-14(17)10-15/h12-16H,2-11,17H2,1H3. The maximum atomic E-state index is 6.15. The molecule has 2 N–H and O–H groups in total. The van der Waals surface area contributed by atoms with Crippen LogP contribution in [0.4, 0.5) is 0 Å². The molecule has 3 fully saturated rings. The summed E-state index contributed by atoms with van der Waals surface area (Å²) in [6.07, 6.45) is 12.7. The van der Waals surface area contributed by atoms with E-state index in [0.717, 1.165) is 23.9 Å². The van der Waals surface area contributed by atoms with Gasteiger partial charge in [-0.05, 0) is 56.9 Å². The van der Waals surface area contributed by atoms with Crippen molar-refractivity contribution in [2.24, 2.45) is 17.6 Å². The van der Waals surface area contributed by atoms with E-state index < -0.39 is 0 Å².